The molecule has 5 nitrogen and oxygen atoms in total. The Balaban J connectivity index is 1.45. The first kappa shape index (κ1) is 25.0. The number of anilines is 1. The maximum absolute atomic E-state index is 13.1. The van der Waals surface area contributed by atoms with Crippen molar-refractivity contribution in [2.24, 2.45) is 0 Å². The molecule has 1 aliphatic heterocycles. The molecule has 34 heavy (non-hydrogen) atoms. The van der Waals surface area contributed by atoms with Gasteiger partial charge in [-0.2, -0.15) is 17.5 Å². The lowest BCUT2D eigenvalue weighted by atomic mass is 10.0. The normalized spacial score (nSPS) is 15.6. The first-order valence-electron chi connectivity index (χ1n) is 10.6. The van der Waals surface area contributed by atoms with Crippen LogP contribution in [0.3, 0.4) is 0 Å². The van der Waals surface area contributed by atoms with Crippen LogP contribution in [-0.4, -0.2) is 43.9 Å². The average molecular weight is 530 g/mol. The van der Waals surface area contributed by atoms with Gasteiger partial charge in [0, 0.05) is 38.0 Å². The highest BCUT2D eigenvalue weighted by atomic mass is 35.5. The number of aromatic nitrogens is 1. The van der Waals surface area contributed by atoms with Gasteiger partial charge < -0.3 is 4.90 Å². The first-order chi connectivity index (χ1) is 16.0. The molecule has 1 aliphatic rings. The van der Waals surface area contributed by atoms with Crippen LogP contribution in [0.2, 0.25) is 5.02 Å². The van der Waals surface area contributed by atoms with E-state index >= 15 is 0 Å². The third-order valence-corrected chi connectivity index (χ3v) is 9.34. The van der Waals surface area contributed by atoms with Gasteiger partial charge in [-0.15, -0.1) is 11.3 Å². The van der Waals surface area contributed by atoms with Gasteiger partial charge in [0.1, 0.15) is 4.90 Å². The summed E-state index contributed by atoms with van der Waals surface area (Å²) in [6.45, 7) is 5.18. The lowest BCUT2D eigenvalue weighted by molar-refractivity contribution is -0.137. The van der Waals surface area contributed by atoms with E-state index in [9.17, 15) is 21.6 Å². The number of aryl methyl sites for hydroxylation is 1. The van der Waals surface area contributed by atoms with Crippen molar-refractivity contribution in [3.8, 4) is 0 Å². The molecule has 4 rings (SSSR count). The van der Waals surface area contributed by atoms with Gasteiger partial charge in [0.2, 0.25) is 10.0 Å². The van der Waals surface area contributed by atoms with E-state index in [1.54, 1.807) is 0 Å². The van der Waals surface area contributed by atoms with Crippen LogP contribution in [-0.2, 0) is 22.6 Å². The fraction of sp³-hybridized carbons (Fsp3) is 0.348. The summed E-state index contributed by atoms with van der Waals surface area (Å²) in [5.41, 5.74) is 3.58. The van der Waals surface area contributed by atoms with Crippen LogP contribution >= 0.6 is 22.9 Å². The van der Waals surface area contributed by atoms with Crippen LogP contribution in [0.4, 0.5) is 18.3 Å². The maximum atomic E-state index is 13.1. The Morgan fingerprint density at radius 3 is 2.47 bits per heavy atom. The Hall–Kier alpha value is -2.14. The third kappa shape index (κ3) is 5.10. The van der Waals surface area contributed by atoms with Gasteiger partial charge in [0.15, 0.2) is 5.13 Å². The van der Waals surface area contributed by atoms with Gasteiger partial charge in [0.25, 0.3) is 0 Å². The number of piperazine rings is 1. The molecule has 0 N–H and O–H groups in total. The summed E-state index contributed by atoms with van der Waals surface area (Å²) in [6, 6.07) is 8.54. The fourth-order valence-corrected chi connectivity index (χ4v) is 6.66. The number of benzene rings is 2. The van der Waals surface area contributed by atoms with E-state index in [1.807, 2.05) is 16.3 Å². The van der Waals surface area contributed by atoms with Crippen molar-refractivity contribution in [1.82, 2.24) is 9.29 Å². The summed E-state index contributed by atoms with van der Waals surface area (Å²) < 4.78 is 66.5. The summed E-state index contributed by atoms with van der Waals surface area (Å²) in [4.78, 5) is 6.20. The Kier molecular flexibility index (Phi) is 6.97. The molecule has 0 spiro atoms. The van der Waals surface area contributed by atoms with Crippen LogP contribution in [0.15, 0.2) is 46.7 Å². The largest absolute Gasteiger partial charge is 0.416 e. The van der Waals surface area contributed by atoms with Gasteiger partial charge in [-0.05, 0) is 48.7 Å². The highest BCUT2D eigenvalue weighted by molar-refractivity contribution is 7.89. The minimum atomic E-state index is -4.66. The van der Waals surface area contributed by atoms with E-state index in [0.29, 0.717) is 25.6 Å². The smallest absolute Gasteiger partial charge is 0.345 e. The first-order valence-corrected chi connectivity index (χ1v) is 13.3. The predicted octanol–water partition coefficient (Wildman–Crippen LogP) is 5.53. The molecule has 11 heteroatoms. The Bertz CT molecular complexity index is 1300. The lowest BCUT2D eigenvalue weighted by Gasteiger charge is -2.34. The Labute approximate surface area is 205 Å². The highest BCUT2D eigenvalue weighted by Gasteiger charge is 2.35. The molecule has 1 aromatic heterocycles. The van der Waals surface area contributed by atoms with E-state index in [0.717, 1.165) is 23.0 Å². The number of hydrogen-bond acceptors (Lipinski definition) is 5. The molecule has 1 saturated heterocycles. The summed E-state index contributed by atoms with van der Waals surface area (Å²) in [7, 11) is -4.17. The van der Waals surface area contributed by atoms with Crippen LogP contribution in [0.5, 0.6) is 0 Å². The molecule has 182 valence electrons. The zero-order valence-electron chi connectivity index (χ0n) is 18.6. The van der Waals surface area contributed by atoms with E-state index in [2.05, 4.69) is 26.0 Å². The SMILES string of the molecule is Cc1cccc(Cc2csc(N3CCN(S(=O)(=O)c4cc(C(F)(F)F)ccc4Cl)CC3)n2)c1C. The molecule has 0 bridgehead atoms. The van der Waals surface area contributed by atoms with Crippen molar-refractivity contribution >= 4 is 38.1 Å². The van der Waals surface area contributed by atoms with Crippen LogP contribution < -0.4 is 4.90 Å². The minimum Gasteiger partial charge on any atom is -0.345 e. The van der Waals surface area contributed by atoms with Crippen LogP contribution in [0.25, 0.3) is 0 Å². The second-order valence-electron chi connectivity index (χ2n) is 8.19. The maximum Gasteiger partial charge on any atom is 0.416 e. The van der Waals surface area contributed by atoms with Crippen molar-refractivity contribution in [3.05, 3.63) is 74.7 Å². The van der Waals surface area contributed by atoms with E-state index in [1.165, 1.54) is 32.3 Å². The molecule has 0 amide bonds. The summed E-state index contributed by atoms with van der Waals surface area (Å²) in [5, 5.41) is 2.57. The lowest BCUT2D eigenvalue weighted by Crippen LogP contribution is -2.48. The topological polar surface area (TPSA) is 53.5 Å². The van der Waals surface area contributed by atoms with Gasteiger partial charge >= 0.3 is 6.18 Å². The molecule has 0 atom stereocenters. The minimum absolute atomic E-state index is 0.126. The number of nitrogens with zero attached hydrogens (tertiary/aromatic N) is 3. The molecular weight excluding hydrogens is 507 g/mol. The van der Waals surface area contributed by atoms with Crippen LogP contribution in [0.1, 0.15) is 27.9 Å². The molecule has 2 heterocycles. The summed E-state index contributed by atoms with van der Waals surface area (Å²) >= 11 is 7.47. The second-order valence-corrected chi connectivity index (χ2v) is 11.3. The molecule has 0 radical (unpaired) electrons. The van der Waals surface area contributed by atoms with Crippen LogP contribution in [0, 0.1) is 13.8 Å². The van der Waals surface area contributed by atoms with Crippen molar-refractivity contribution in [1.29, 1.82) is 0 Å². The number of halogens is 4. The van der Waals surface area contributed by atoms with Crippen molar-refractivity contribution in [3.63, 3.8) is 0 Å². The van der Waals surface area contributed by atoms with Crippen molar-refractivity contribution < 1.29 is 21.6 Å². The van der Waals surface area contributed by atoms with E-state index < -0.39 is 26.7 Å². The average Bonchev–Trinajstić information content (AvgIpc) is 3.25. The molecule has 1 fully saturated rings. The fourth-order valence-electron chi connectivity index (χ4n) is 3.86. The van der Waals surface area contributed by atoms with Crippen molar-refractivity contribution in [2.75, 3.05) is 31.1 Å². The highest BCUT2D eigenvalue weighted by Crippen LogP contribution is 2.35. The zero-order chi connectivity index (χ0) is 24.7. The van der Waals surface area contributed by atoms with Gasteiger partial charge in [0.05, 0.1) is 16.3 Å². The number of rotatable bonds is 5. The Morgan fingerprint density at radius 2 is 1.79 bits per heavy atom. The quantitative estimate of drug-likeness (QED) is 0.436. The number of thiazole rings is 1. The molecule has 2 aromatic carbocycles. The third-order valence-electron chi connectivity index (χ3n) is 6.01. The molecule has 0 aliphatic carbocycles. The Morgan fingerprint density at radius 1 is 1.09 bits per heavy atom. The molecule has 0 saturated carbocycles. The monoisotopic (exact) mass is 529 g/mol. The number of alkyl halides is 3. The number of hydrogen-bond donors (Lipinski definition) is 0. The van der Waals surface area contributed by atoms with Gasteiger partial charge in [-0.25, -0.2) is 13.4 Å². The molecule has 0 unspecified atom stereocenters. The van der Waals surface area contributed by atoms with E-state index in [4.69, 9.17) is 16.6 Å². The summed E-state index contributed by atoms with van der Waals surface area (Å²) in [6.07, 6.45) is -3.94. The summed E-state index contributed by atoms with van der Waals surface area (Å²) in [5.74, 6) is 0. The number of sulfonamides is 1. The second kappa shape index (κ2) is 9.49. The zero-order valence-corrected chi connectivity index (χ0v) is 21.0. The molecular formula is C23H23ClF3N3O2S2. The van der Waals surface area contributed by atoms with Gasteiger partial charge in [-0.3, -0.25) is 0 Å². The van der Waals surface area contributed by atoms with Gasteiger partial charge in [-0.1, -0.05) is 29.8 Å². The predicted molar refractivity (Wildman–Crippen MR) is 128 cm³/mol. The molecule has 3 aromatic rings. The van der Waals surface area contributed by atoms with Crippen molar-refractivity contribution in [2.45, 2.75) is 31.3 Å². The standard InChI is InChI=1S/C23H23ClF3N3O2S2/c1-15-4-3-5-17(16(15)2)12-19-14-33-22(28-19)29-8-10-30(11-9-29)34(31,32)21-13-18(23(25,26)27)6-7-20(21)24/h3-7,13-14H,8-12H2,1-2H3. The van der Waals surface area contributed by atoms with E-state index in [-0.39, 0.29) is 18.1 Å².